The van der Waals surface area contributed by atoms with Gasteiger partial charge in [-0.1, -0.05) is 57.2 Å². The van der Waals surface area contributed by atoms with Crippen LogP contribution in [0.2, 0.25) is 0 Å². The number of likely N-dealkylation sites (tertiary alicyclic amines) is 2. The number of fused-ring (bicyclic) bond motifs is 1. The lowest BCUT2D eigenvalue weighted by Gasteiger charge is -2.43. The number of piperidine rings is 2. The Hall–Kier alpha value is -3.63. The van der Waals surface area contributed by atoms with Crippen LogP contribution in [-0.2, 0) is 30.5 Å². The summed E-state index contributed by atoms with van der Waals surface area (Å²) in [4.78, 5) is 52.0. The van der Waals surface area contributed by atoms with Crippen molar-refractivity contribution >= 4 is 23.7 Å². The molecule has 0 aliphatic carbocycles. The number of nitrogens with one attached hydrogen (secondary N) is 2. The number of piperazine rings is 1. The molecule has 0 unspecified atom stereocenters. The number of amides is 5. The molecule has 0 bridgehead atoms. The van der Waals surface area contributed by atoms with Gasteiger partial charge in [-0.05, 0) is 79.8 Å². The number of nitrogens with zero attached hydrogens (tertiary/aromatic N) is 5. The summed E-state index contributed by atoms with van der Waals surface area (Å²) < 4.78 is 0. The van der Waals surface area contributed by atoms with Crippen molar-refractivity contribution in [2.24, 2.45) is 0 Å². The Labute approximate surface area is 293 Å². The minimum atomic E-state index is -0.623. The van der Waals surface area contributed by atoms with E-state index in [1.165, 1.54) is 11.1 Å². The van der Waals surface area contributed by atoms with Crippen LogP contribution in [0.4, 0.5) is 15.3 Å². The van der Waals surface area contributed by atoms with Crippen LogP contribution < -0.4 is 10.6 Å². The first-order chi connectivity index (χ1) is 23.9. The van der Waals surface area contributed by atoms with E-state index in [9.17, 15) is 14.4 Å². The molecule has 0 aromatic heterocycles. The van der Waals surface area contributed by atoms with Crippen LogP contribution in [0.3, 0.4) is 0 Å². The van der Waals surface area contributed by atoms with E-state index in [4.69, 9.17) is 0 Å². The third-order valence-corrected chi connectivity index (χ3v) is 11.5. The molecule has 266 valence electrons. The predicted molar refractivity (Wildman–Crippen MR) is 195 cm³/mol. The molecule has 4 heterocycles. The maximum Gasteiger partial charge on any atom is 0.322 e. The third kappa shape index (κ3) is 8.40. The van der Waals surface area contributed by atoms with Gasteiger partial charge in [-0.2, -0.15) is 0 Å². The summed E-state index contributed by atoms with van der Waals surface area (Å²) in [5, 5.41) is 6.28. The number of anilines is 1. The SMILES string of the molecule is CCc1ccc(C[C@@H](NC(=O)N2CCC(N3CCc4ccccc4NC3=O)CC2)C(=O)N2CCC(N3CCN(CC)CC3)CC2)cc1CC. The van der Waals surface area contributed by atoms with Gasteiger partial charge in [0.1, 0.15) is 6.04 Å². The van der Waals surface area contributed by atoms with E-state index in [0.717, 1.165) is 94.7 Å². The molecular formula is C39H57N7O3. The second-order valence-corrected chi connectivity index (χ2v) is 14.3. The van der Waals surface area contributed by atoms with E-state index >= 15 is 0 Å². The largest absolute Gasteiger partial charge is 0.341 e. The highest BCUT2D eigenvalue weighted by Gasteiger charge is 2.35. The summed E-state index contributed by atoms with van der Waals surface area (Å²) in [7, 11) is 0. The van der Waals surface area contributed by atoms with Gasteiger partial charge >= 0.3 is 12.1 Å². The van der Waals surface area contributed by atoms with Crippen LogP contribution >= 0.6 is 0 Å². The van der Waals surface area contributed by atoms with Gasteiger partial charge in [0.2, 0.25) is 5.91 Å². The first-order valence-electron chi connectivity index (χ1n) is 18.9. The van der Waals surface area contributed by atoms with E-state index in [2.05, 4.69) is 65.5 Å². The van der Waals surface area contributed by atoms with E-state index in [0.29, 0.717) is 44.9 Å². The zero-order valence-corrected chi connectivity index (χ0v) is 30.0. The van der Waals surface area contributed by atoms with Gasteiger partial charge in [0.15, 0.2) is 0 Å². The molecule has 49 heavy (non-hydrogen) atoms. The molecule has 2 N–H and O–H groups in total. The Morgan fingerprint density at radius 1 is 0.796 bits per heavy atom. The first-order valence-corrected chi connectivity index (χ1v) is 18.9. The summed E-state index contributed by atoms with van der Waals surface area (Å²) in [6, 6.07) is 14.2. The fourth-order valence-corrected chi connectivity index (χ4v) is 8.39. The highest BCUT2D eigenvalue weighted by Crippen LogP contribution is 2.25. The van der Waals surface area contributed by atoms with Gasteiger partial charge in [0.25, 0.3) is 0 Å². The molecule has 1 atom stereocenters. The maximum atomic E-state index is 14.2. The van der Waals surface area contributed by atoms with Crippen LogP contribution in [0.5, 0.6) is 0 Å². The van der Waals surface area contributed by atoms with Crippen LogP contribution in [0.1, 0.15) is 68.7 Å². The highest BCUT2D eigenvalue weighted by molar-refractivity contribution is 5.91. The summed E-state index contributed by atoms with van der Waals surface area (Å²) in [5.41, 5.74) is 5.77. The number of urea groups is 2. The molecule has 0 spiro atoms. The first kappa shape index (κ1) is 35.2. The number of likely N-dealkylation sites (N-methyl/N-ethyl adjacent to an activating group) is 1. The lowest BCUT2D eigenvalue weighted by Crippen LogP contribution is -2.58. The number of benzene rings is 2. The van der Waals surface area contributed by atoms with Crippen LogP contribution in [0.25, 0.3) is 0 Å². The highest BCUT2D eigenvalue weighted by atomic mass is 16.2. The molecule has 0 radical (unpaired) electrons. The molecule has 4 aliphatic heterocycles. The number of hydrogen-bond donors (Lipinski definition) is 2. The van der Waals surface area contributed by atoms with E-state index in [-0.39, 0.29) is 24.0 Å². The van der Waals surface area contributed by atoms with Crippen LogP contribution in [0.15, 0.2) is 42.5 Å². The van der Waals surface area contributed by atoms with Crippen molar-refractivity contribution in [3.63, 3.8) is 0 Å². The summed E-state index contributed by atoms with van der Waals surface area (Å²) in [5.74, 6) is 0.0240. The topological polar surface area (TPSA) is 91.5 Å². The summed E-state index contributed by atoms with van der Waals surface area (Å²) in [6.45, 7) is 15.4. The molecular weight excluding hydrogens is 614 g/mol. The number of para-hydroxylation sites is 1. The Morgan fingerprint density at radius 2 is 1.47 bits per heavy atom. The number of rotatable bonds is 9. The summed E-state index contributed by atoms with van der Waals surface area (Å²) >= 11 is 0. The van der Waals surface area contributed by atoms with E-state index in [1.54, 1.807) is 0 Å². The monoisotopic (exact) mass is 671 g/mol. The molecule has 2 aromatic carbocycles. The van der Waals surface area contributed by atoms with Crippen molar-refractivity contribution < 1.29 is 14.4 Å². The lowest BCUT2D eigenvalue weighted by molar-refractivity contribution is -0.135. The zero-order chi connectivity index (χ0) is 34.3. The molecule has 2 aromatic rings. The minimum absolute atomic E-state index is 0.0240. The van der Waals surface area contributed by atoms with Crippen molar-refractivity contribution in [3.8, 4) is 0 Å². The molecule has 0 saturated carbocycles. The Balaban J connectivity index is 1.08. The van der Waals surface area contributed by atoms with Crippen molar-refractivity contribution in [1.29, 1.82) is 0 Å². The van der Waals surface area contributed by atoms with Gasteiger partial charge in [-0.25, -0.2) is 9.59 Å². The van der Waals surface area contributed by atoms with E-state index < -0.39 is 6.04 Å². The second-order valence-electron chi connectivity index (χ2n) is 14.3. The Morgan fingerprint density at radius 3 is 2.16 bits per heavy atom. The van der Waals surface area contributed by atoms with Crippen molar-refractivity contribution in [1.82, 2.24) is 29.8 Å². The molecule has 4 aliphatic rings. The summed E-state index contributed by atoms with van der Waals surface area (Å²) in [6.07, 6.45) is 6.60. The minimum Gasteiger partial charge on any atom is -0.341 e. The van der Waals surface area contributed by atoms with Crippen molar-refractivity contribution in [2.75, 3.05) is 70.8 Å². The maximum absolute atomic E-state index is 14.2. The van der Waals surface area contributed by atoms with Gasteiger partial charge in [0.05, 0.1) is 0 Å². The molecule has 10 heteroatoms. The molecule has 3 saturated heterocycles. The van der Waals surface area contributed by atoms with Crippen molar-refractivity contribution in [2.45, 2.75) is 90.3 Å². The van der Waals surface area contributed by atoms with E-state index in [1.807, 2.05) is 32.9 Å². The third-order valence-electron chi connectivity index (χ3n) is 11.5. The Kier molecular flexibility index (Phi) is 11.8. The second kappa shape index (κ2) is 16.4. The average molecular weight is 672 g/mol. The zero-order valence-electron chi connectivity index (χ0n) is 30.0. The van der Waals surface area contributed by atoms with Crippen molar-refractivity contribution in [3.05, 3.63) is 64.7 Å². The van der Waals surface area contributed by atoms with Gasteiger partial charge in [0, 0.05) is 83.1 Å². The average Bonchev–Trinajstić information content (AvgIpc) is 3.32. The van der Waals surface area contributed by atoms with Gasteiger partial charge < -0.3 is 30.2 Å². The van der Waals surface area contributed by atoms with Gasteiger partial charge in [-0.3, -0.25) is 9.69 Å². The molecule has 6 rings (SSSR count). The number of carbonyl (C=O) groups is 3. The molecule has 3 fully saturated rings. The standard InChI is InChI=1S/C39H57N7O3/c1-4-30-12-11-29(27-31(30)5-2)28-36(37(47)44-18-14-33(15-19-44)43-25-23-42(6-3)24-26-43)41-38(48)45-20-16-34(17-21-45)46-22-13-32-9-7-8-10-35(32)40-39(46)49/h7-12,27,33-34,36H,4-6,13-26,28H2,1-3H3,(H,40,49)(H,41,48)/t36-/m1/s1. The number of aryl methyl sites for hydroxylation is 2. The van der Waals surface area contributed by atoms with Crippen LogP contribution in [0, 0.1) is 0 Å². The predicted octanol–water partition coefficient (Wildman–Crippen LogP) is 4.62. The number of carbonyl (C=O) groups excluding carboxylic acids is 3. The number of hydrogen-bond acceptors (Lipinski definition) is 5. The molecule has 10 nitrogen and oxygen atoms in total. The molecule has 5 amide bonds. The van der Waals surface area contributed by atoms with Crippen LogP contribution in [-0.4, -0.2) is 126 Å². The lowest BCUT2D eigenvalue weighted by atomic mass is 9.95. The Bertz CT molecular complexity index is 1440. The van der Waals surface area contributed by atoms with Gasteiger partial charge in [-0.15, -0.1) is 0 Å². The normalized spacial score (nSPS) is 20.8. The fraction of sp³-hybridized carbons (Fsp3) is 0.615. The smallest absolute Gasteiger partial charge is 0.322 e. The quantitative estimate of drug-likeness (QED) is 0.407. The fourth-order valence-electron chi connectivity index (χ4n) is 8.39.